The van der Waals surface area contributed by atoms with Gasteiger partial charge < -0.3 is 19.3 Å². The Morgan fingerprint density at radius 3 is 2.12 bits per heavy atom. The maximum absolute atomic E-state index is 12.7. The third-order valence-corrected chi connectivity index (χ3v) is 5.07. The van der Waals surface area contributed by atoms with Gasteiger partial charge in [-0.3, -0.25) is 4.79 Å². The van der Waals surface area contributed by atoms with Crippen LogP contribution in [0.25, 0.3) is 0 Å². The van der Waals surface area contributed by atoms with Crippen molar-refractivity contribution in [3.8, 4) is 0 Å². The summed E-state index contributed by atoms with van der Waals surface area (Å²) in [6.07, 6.45) is 2.60. The van der Waals surface area contributed by atoms with E-state index in [1.165, 1.54) is 7.11 Å². The highest BCUT2D eigenvalue weighted by Gasteiger charge is 2.51. The first-order valence-electron chi connectivity index (χ1n) is 9.19. The number of hydrogen-bond donors (Lipinski definition) is 1. The molecule has 1 atom stereocenters. The third kappa shape index (κ3) is 4.92. The number of esters is 1. The molecule has 1 aliphatic heterocycles. The molecule has 7 nitrogen and oxygen atoms in total. The van der Waals surface area contributed by atoms with Crippen LogP contribution in [0.3, 0.4) is 0 Å². The SMILES string of the molecule is COC(=O)[C@H]1CC[C@H](OC(O)[N+]2(C(=O)OC(C)(C)C)CCCC2)CC1. The summed E-state index contributed by atoms with van der Waals surface area (Å²) < 4.78 is 16.0. The van der Waals surface area contributed by atoms with Crippen LogP contribution in [0, 0.1) is 5.92 Å². The molecule has 0 aromatic heterocycles. The lowest BCUT2D eigenvalue weighted by Gasteiger charge is -2.37. The van der Waals surface area contributed by atoms with Gasteiger partial charge in [-0.05, 0) is 46.5 Å². The van der Waals surface area contributed by atoms with Crippen LogP contribution in [-0.4, -0.2) is 60.0 Å². The quantitative estimate of drug-likeness (QED) is 0.472. The first kappa shape index (κ1) is 20.1. The Labute approximate surface area is 149 Å². The van der Waals surface area contributed by atoms with Crippen molar-refractivity contribution >= 4 is 12.1 Å². The lowest BCUT2D eigenvalue weighted by molar-refractivity contribution is -0.923. The minimum atomic E-state index is -1.22. The van der Waals surface area contributed by atoms with Gasteiger partial charge in [-0.15, -0.1) is 0 Å². The molecule has 2 aliphatic rings. The predicted molar refractivity (Wildman–Crippen MR) is 90.3 cm³/mol. The number of carbonyl (C=O) groups excluding carboxylic acids is 2. The number of likely N-dealkylation sites (tertiary alicyclic amines) is 1. The number of aliphatic hydroxyl groups is 1. The van der Waals surface area contributed by atoms with E-state index in [1.54, 1.807) is 0 Å². The summed E-state index contributed by atoms with van der Waals surface area (Å²) in [5, 5.41) is 10.7. The molecular weight excluding hydrogens is 326 g/mol. The van der Waals surface area contributed by atoms with E-state index in [2.05, 4.69) is 0 Å². The second-order valence-electron chi connectivity index (χ2n) is 8.13. The minimum Gasteiger partial charge on any atom is -0.469 e. The van der Waals surface area contributed by atoms with Gasteiger partial charge in [-0.2, -0.15) is 9.28 Å². The molecular formula is C18H32NO6+. The molecule has 25 heavy (non-hydrogen) atoms. The summed E-state index contributed by atoms with van der Waals surface area (Å²) in [6, 6.07) is 0. The number of methoxy groups -OCH3 is 1. The average Bonchev–Trinajstić information content (AvgIpc) is 3.04. The predicted octanol–water partition coefficient (Wildman–Crippen LogP) is 2.56. The Bertz CT molecular complexity index is 472. The Balaban J connectivity index is 1.96. The van der Waals surface area contributed by atoms with Crippen LogP contribution in [-0.2, 0) is 19.0 Å². The van der Waals surface area contributed by atoms with Gasteiger partial charge in [0.1, 0.15) is 5.60 Å². The molecule has 1 saturated heterocycles. The summed E-state index contributed by atoms with van der Waals surface area (Å²) in [6.45, 7) is 6.50. The standard InChI is InChI=1S/C18H32NO6/c1-18(2,3)25-17(22)19(11-5-6-12-19)16(21)24-14-9-7-13(8-10-14)15(20)23-4/h13-14,16,21H,5-12H2,1-4H3/q+1/t13-,14-,16?. The van der Waals surface area contributed by atoms with Crippen LogP contribution in [0.4, 0.5) is 4.79 Å². The van der Waals surface area contributed by atoms with Crippen LogP contribution in [0.1, 0.15) is 59.3 Å². The molecule has 2 rings (SSSR count). The van der Waals surface area contributed by atoms with Crippen molar-refractivity contribution in [2.75, 3.05) is 20.2 Å². The molecule has 1 saturated carbocycles. The summed E-state index contributed by atoms with van der Waals surface area (Å²) in [7, 11) is 1.40. The van der Waals surface area contributed by atoms with Gasteiger partial charge in [0, 0.05) is 12.8 Å². The molecule has 1 heterocycles. The van der Waals surface area contributed by atoms with Crippen molar-refractivity contribution in [2.24, 2.45) is 5.92 Å². The highest BCUT2D eigenvalue weighted by Crippen LogP contribution is 2.32. The number of nitrogens with zero attached hydrogens (tertiary/aromatic N) is 1. The van der Waals surface area contributed by atoms with E-state index in [-0.39, 0.29) is 22.5 Å². The molecule has 1 amide bonds. The van der Waals surface area contributed by atoms with Crippen LogP contribution < -0.4 is 0 Å². The van der Waals surface area contributed by atoms with Crippen molar-refractivity contribution in [3.05, 3.63) is 0 Å². The van der Waals surface area contributed by atoms with Gasteiger partial charge in [0.2, 0.25) is 0 Å². The van der Waals surface area contributed by atoms with Crippen LogP contribution >= 0.6 is 0 Å². The molecule has 1 unspecified atom stereocenters. The molecule has 0 radical (unpaired) electrons. The molecule has 0 aromatic rings. The number of aliphatic hydroxyl groups excluding tert-OH is 1. The maximum atomic E-state index is 12.7. The van der Waals surface area contributed by atoms with Crippen molar-refractivity contribution in [2.45, 2.75) is 77.4 Å². The lowest BCUT2D eigenvalue weighted by Crippen LogP contribution is -2.60. The number of quaternary nitrogens is 1. The van der Waals surface area contributed by atoms with E-state index in [4.69, 9.17) is 14.2 Å². The fraction of sp³-hybridized carbons (Fsp3) is 0.889. The summed E-state index contributed by atoms with van der Waals surface area (Å²) >= 11 is 0. The van der Waals surface area contributed by atoms with Crippen LogP contribution in [0.15, 0.2) is 0 Å². The molecule has 144 valence electrons. The van der Waals surface area contributed by atoms with Gasteiger partial charge in [0.25, 0.3) is 0 Å². The Kier molecular flexibility index (Phi) is 6.45. The highest BCUT2D eigenvalue weighted by molar-refractivity contribution is 5.72. The largest absolute Gasteiger partial charge is 0.520 e. The molecule has 0 aromatic carbocycles. The zero-order chi connectivity index (χ0) is 18.7. The van der Waals surface area contributed by atoms with Crippen molar-refractivity contribution in [3.63, 3.8) is 0 Å². The zero-order valence-electron chi connectivity index (χ0n) is 15.8. The second kappa shape index (κ2) is 8.01. The monoisotopic (exact) mass is 358 g/mol. The van der Waals surface area contributed by atoms with Gasteiger partial charge in [0.05, 0.1) is 32.2 Å². The van der Waals surface area contributed by atoms with Gasteiger partial charge >= 0.3 is 18.5 Å². The zero-order valence-corrected chi connectivity index (χ0v) is 15.8. The topological polar surface area (TPSA) is 82.1 Å². The number of carbonyl (C=O) groups is 2. The molecule has 1 N–H and O–H groups in total. The number of rotatable bonds is 4. The average molecular weight is 358 g/mol. The molecule has 1 aliphatic carbocycles. The van der Waals surface area contributed by atoms with Gasteiger partial charge in [0.15, 0.2) is 0 Å². The van der Waals surface area contributed by atoms with Gasteiger partial charge in [-0.1, -0.05) is 0 Å². The van der Waals surface area contributed by atoms with E-state index in [0.29, 0.717) is 38.8 Å². The lowest BCUT2D eigenvalue weighted by atomic mass is 9.87. The van der Waals surface area contributed by atoms with Crippen molar-refractivity contribution in [1.82, 2.24) is 0 Å². The molecule has 2 fully saturated rings. The summed E-state index contributed by atoms with van der Waals surface area (Å²) in [5.74, 6) is -0.279. The fourth-order valence-electron chi connectivity index (χ4n) is 3.64. The summed E-state index contributed by atoms with van der Waals surface area (Å²) in [5.41, 5.74) is -0.608. The Hall–Kier alpha value is -1.18. The normalized spacial score (nSPS) is 27.6. The van der Waals surface area contributed by atoms with E-state index in [0.717, 1.165) is 12.8 Å². The van der Waals surface area contributed by atoms with Gasteiger partial charge in [-0.25, -0.2) is 0 Å². The van der Waals surface area contributed by atoms with E-state index in [1.807, 2.05) is 20.8 Å². The summed E-state index contributed by atoms with van der Waals surface area (Å²) in [4.78, 5) is 24.3. The smallest absolute Gasteiger partial charge is 0.469 e. The Morgan fingerprint density at radius 2 is 1.64 bits per heavy atom. The first-order valence-corrected chi connectivity index (χ1v) is 9.19. The van der Waals surface area contributed by atoms with Crippen LogP contribution in [0.2, 0.25) is 0 Å². The maximum Gasteiger partial charge on any atom is 0.520 e. The second-order valence-corrected chi connectivity index (χ2v) is 8.13. The first-order chi connectivity index (χ1) is 11.7. The van der Waals surface area contributed by atoms with Crippen LogP contribution in [0.5, 0.6) is 0 Å². The fourth-order valence-corrected chi connectivity index (χ4v) is 3.64. The van der Waals surface area contributed by atoms with E-state index in [9.17, 15) is 14.7 Å². The molecule has 0 bridgehead atoms. The third-order valence-electron chi connectivity index (χ3n) is 5.07. The number of amides is 1. The highest BCUT2D eigenvalue weighted by atomic mass is 16.7. The molecule has 7 heteroatoms. The number of hydrogen-bond acceptors (Lipinski definition) is 6. The Morgan fingerprint density at radius 1 is 1.08 bits per heavy atom. The minimum absolute atomic E-state index is 0.0946. The van der Waals surface area contributed by atoms with Crippen molar-refractivity contribution < 1.29 is 33.4 Å². The van der Waals surface area contributed by atoms with E-state index < -0.39 is 18.1 Å². The number of ether oxygens (including phenoxy) is 3. The molecule has 0 spiro atoms. The van der Waals surface area contributed by atoms with E-state index >= 15 is 0 Å². The van der Waals surface area contributed by atoms with Crippen molar-refractivity contribution in [1.29, 1.82) is 0 Å².